The van der Waals surface area contributed by atoms with Crippen molar-refractivity contribution in [2.75, 3.05) is 49.1 Å². The van der Waals surface area contributed by atoms with Gasteiger partial charge < -0.3 is 14.5 Å². The number of carbonyl (C=O) groups excluding carboxylic acids is 2. The minimum absolute atomic E-state index is 0.0208. The molecule has 0 saturated carbocycles. The van der Waals surface area contributed by atoms with E-state index in [4.69, 9.17) is 16.3 Å². The monoisotopic (exact) mass is 557 g/mol. The van der Waals surface area contributed by atoms with E-state index < -0.39 is 22.6 Å². The van der Waals surface area contributed by atoms with Crippen molar-refractivity contribution in [3.8, 4) is 0 Å². The minimum atomic E-state index is -4.01. The van der Waals surface area contributed by atoms with E-state index >= 15 is 0 Å². The van der Waals surface area contributed by atoms with Crippen LogP contribution in [0.2, 0.25) is 5.02 Å². The smallest absolute Gasteiger partial charge is 0.338 e. The Labute approximate surface area is 225 Å². The van der Waals surface area contributed by atoms with E-state index in [2.05, 4.69) is 0 Å². The molecule has 8 nitrogen and oxygen atoms in total. The first-order valence-corrected chi connectivity index (χ1v) is 13.9. The Balaban J connectivity index is 1.24. The van der Waals surface area contributed by atoms with E-state index in [1.807, 2.05) is 29.2 Å². The van der Waals surface area contributed by atoms with Crippen molar-refractivity contribution in [1.29, 1.82) is 0 Å². The molecule has 3 aromatic carbocycles. The van der Waals surface area contributed by atoms with Crippen molar-refractivity contribution in [3.63, 3.8) is 0 Å². The van der Waals surface area contributed by atoms with Gasteiger partial charge in [0.1, 0.15) is 10.7 Å². The van der Waals surface area contributed by atoms with Gasteiger partial charge in [-0.3, -0.25) is 4.79 Å². The molecule has 0 spiro atoms. The number of esters is 1. The normalized spacial score (nSPS) is 15.8. The third-order valence-corrected chi connectivity index (χ3v) is 9.11. The van der Waals surface area contributed by atoms with Gasteiger partial charge in [-0.25, -0.2) is 17.6 Å². The summed E-state index contributed by atoms with van der Waals surface area (Å²) in [6, 6.07) is 17.5. The van der Waals surface area contributed by atoms with Gasteiger partial charge in [0.25, 0.3) is 5.91 Å². The molecular formula is C27H25ClFN3O5S. The number of halogens is 2. The minimum Gasteiger partial charge on any atom is -0.452 e. The molecule has 1 saturated heterocycles. The fraction of sp³-hybridized carbons (Fsp3) is 0.259. The first-order chi connectivity index (χ1) is 18.2. The zero-order valence-corrected chi connectivity index (χ0v) is 21.9. The lowest BCUT2D eigenvalue weighted by Crippen LogP contribution is -2.48. The van der Waals surface area contributed by atoms with Crippen LogP contribution in [0.25, 0.3) is 0 Å². The number of nitrogens with zero attached hydrogens (tertiary/aromatic N) is 3. The zero-order chi connectivity index (χ0) is 26.9. The van der Waals surface area contributed by atoms with Gasteiger partial charge in [0.05, 0.1) is 10.6 Å². The number of amides is 1. The molecule has 3 aromatic rings. The van der Waals surface area contributed by atoms with Gasteiger partial charge in [-0.1, -0.05) is 29.8 Å². The van der Waals surface area contributed by atoms with E-state index in [0.29, 0.717) is 19.6 Å². The maximum Gasteiger partial charge on any atom is 0.338 e. The second-order valence-corrected chi connectivity index (χ2v) is 11.3. The topological polar surface area (TPSA) is 87.2 Å². The van der Waals surface area contributed by atoms with Crippen LogP contribution in [-0.4, -0.2) is 63.9 Å². The Hall–Kier alpha value is -3.47. The lowest BCUT2D eigenvalue weighted by molar-refractivity contribution is -0.121. The van der Waals surface area contributed by atoms with Crippen molar-refractivity contribution in [2.45, 2.75) is 11.3 Å². The highest BCUT2D eigenvalue weighted by atomic mass is 35.5. The Bertz CT molecular complexity index is 1470. The predicted molar refractivity (Wildman–Crippen MR) is 142 cm³/mol. The molecule has 2 aliphatic heterocycles. The molecular weight excluding hydrogens is 533 g/mol. The van der Waals surface area contributed by atoms with Crippen molar-refractivity contribution in [3.05, 3.63) is 88.7 Å². The highest BCUT2D eigenvalue weighted by Gasteiger charge is 2.31. The average molecular weight is 558 g/mol. The fourth-order valence-corrected chi connectivity index (χ4v) is 6.61. The lowest BCUT2D eigenvalue weighted by Gasteiger charge is -2.35. The molecule has 0 radical (unpaired) electrons. The standard InChI is InChI=1S/C27H25ClFN3O5S/c28-23-10-5-20(27(34)37-18-26(33)32-12-11-19-3-1-2-4-24(19)32)17-25(23)38(35,36)31-15-13-30(14-16-31)22-8-6-21(29)7-9-22/h1-10,17H,11-16,18H2. The number of sulfonamides is 1. The van der Waals surface area contributed by atoms with E-state index in [1.54, 1.807) is 17.0 Å². The summed E-state index contributed by atoms with van der Waals surface area (Å²) in [6.07, 6.45) is 0.729. The molecule has 0 N–H and O–H groups in total. The summed E-state index contributed by atoms with van der Waals surface area (Å²) >= 11 is 6.24. The average Bonchev–Trinajstić information content (AvgIpc) is 3.36. The lowest BCUT2D eigenvalue weighted by atomic mass is 10.2. The first kappa shape index (κ1) is 26.1. The fourth-order valence-electron chi connectivity index (χ4n) is 4.69. The summed E-state index contributed by atoms with van der Waals surface area (Å²) in [4.78, 5) is 28.7. The number of para-hydroxylation sites is 1. The van der Waals surface area contributed by atoms with Crippen molar-refractivity contribution >= 4 is 44.9 Å². The van der Waals surface area contributed by atoms with Crippen molar-refractivity contribution in [1.82, 2.24) is 4.31 Å². The molecule has 0 atom stereocenters. The van der Waals surface area contributed by atoms with Gasteiger partial charge in [-0.2, -0.15) is 4.31 Å². The van der Waals surface area contributed by atoms with Crippen LogP contribution in [-0.2, 0) is 26.0 Å². The summed E-state index contributed by atoms with van der Waals surface area (Å²) in [6.45, 7) is 1.24. The van der Waals surface area contributed by atoms with Crippen LogP contribution in [0.3, 0.4) is 0 Å². The number of rotatable bonds is 6. The van der Waals surface area contributed by atoms with Crippen LogP contribution in [0, 0.1) is 5.82 Å². The van der Waals surface area contributed by atoms with E-state index in [-0.39, 0.29) is 40.3 Å². The molecule has 1 fully saturated rings. The summed E-state index contributed by atoms with van der Waals surface area (Å²) in [5, 5.41) is -0.0211. The van der Waals surface area contributed by atoms with Gasteiger partial charge in [0, 0.05) is 44.1 Å². The van der Waals surface area contributed by atoms with Gasteiger partial charge in [0.15, 0.2) is 6.61 Å². The molecule has 0 aliphatic carbocycles. The zero-order valence-electron chi connectivity index (χ0n) is 20.3. The van der Waals surface area contributed by atoms with Crippen LogP contribution in [0.15, 0.2) is 71.6 Å². The molecule has 0 bridgehead atoms. The summed E-state index contributed by atoms with van der Waals surface area (Å²) in [7, 11) is -4.01. The third kappa shape index (κ3) is 5.24. The quantitative estimate of drug-likeness (QED) is 0.429. The molecule has 38 heavy (non-hydrogen) atoms. The summed E-state index contributed by atoms with van der Waals surface area (Å²) < 4.78 is 46.5. The molecule has 5 rings (SSSR count). The van der Waals surface area contributed by atoms with Gasteiger partial charge >= 0.3 is 5.97 Å². The van der Waals surface area contributed by atoms with E-state index in [1.165, 1.54) is 34.6 Å². The number of carbonyl (C=O) groups is 2. The number of hydrogen-bond acceptors (Lipinski definition) is 6. The highest BCUT2D eigenvalue weighted by Crippen LogP contribution is 2.29. The SMILES string of the molecule is O=C(OCC(=O)N1CCc2ccccc21)c1ccc(Cl)c(S(=O)(=O)N2CCN(c3ccc(F)cc3)CC2)c1. The largest absolute Gasteiger partial charge is 0.452 e. The van der Waals surface area contributed by atoms with Gasteiger partial charge in [-0.15, -0.1) is 0 Å². The van der Waals surface area contributed by atoms with Crippen LogP contribution in [0.5, 0.6) is 0 Å². The number of benzene rings is 3. The molecule has 2 aliphatic rings. The van der Waals surface area contributed by atoms with Gasteiger partial charge in [0.2, 0.25) is 10.0 Å². The number of anilines is 2. The molecule has 0 unspecified atom stereocenters. The molecule has 0 aromatic heterocycles. The first-order valence-electron chi connectivity index (χ1n) is 12.1. The van der Waals surface area contributed by atoms with Gasteiger partial charge in [-0.05, 0) is 60.5 Å². The van der Waals surface area contributed by atoms with E-state index in [9.17, 15) is 22.4 Å². The molecule has 198 valence electrons. The second kappa shape index (κ2) is 10.7. The summed E-state index contributed by atoms with van der Waals surface area (Å²) in [5.41, 5.74) is 2.64. The third-order valence-electron chi connectivity index (χ3n) is 6.73. The summed E-state index contributed by atoms with van der Waals surface area (Å²) in [5.74, 6) is -1.52. The van der Waals surface area contributed by atoms with Crippen LogP contribution in [0.4, 0.5) is 15.8 Å². The maximum absolute atomic E-state index is 13.4. The number of ether oxygens (including phenoxy) is 1. The molecule has 11 heteroatoms. The van der Waals surface area contributed by atoms with Crippen LogP contribution in [0.1, 0.15) is 15.9 Å². The number of fused-ring (bicyclic) bond motifs is 1. The van der Waals surface area contributed by atoms with E-state index in [0.717, 1.165) is 23.4 Å². The number of piperazine rings is 1. The maximum atomic E-state index is 13.4. The predicted octanol–water partition coefficient (Wildman–Crippen LogP) is 3.74. The highest BCUT2D eigenvalue weighted by molar-refractivity contribution is 7.89. The Morgan fingerprint density at radius 1 is 0.921 bits per heavy atom. The Kier molecular flexibility index (Phi) is 7.38. The van der Waals surface area contributed by atoms with Crippen LogP contribution < -0.4 is 9.80 Å². The Morgan fingerprint density at radius 3 is 2.37 bits per heavy atom. The Morgan fingerprint density at radius 2 is 1.63 bits per heavy atom. The number of hydrogen-bond donors (Lipinski definition) is 0. The molecule has 1 amide bonds. The van der Waals surface area contributed by atoms with Crippen LogP contribution >= 0.6 is 11.6 Å². The second-order valence-electron chi connectivity index (χ2n) is 9.01. The van der Waals surface area contributed by atoms with Crippen molar-refractivity contribution in [2.24, 2.45) is 0 Å². The van der Waals surface area contributed by atoms with Crippen molar-refractivity contribution < 1.29 is 27.1 Å². The molecule has 2 heterocycles.